The van der Waals surface area contributed by atoms with E-state index in [1.54, 1.807) is 0 Å². The molecule has 4 heteroatoms. The first-order valence-electron chi connectivity index (χ1n) is 8.89. The van der Waals surface area contributed by atoms with Gasteiger partial charge in [-0.3, -0.25) is 0 Å². The molecule has 2 fully saturated rings. The van der Waals surface area contributed by atoms with Crippen LogP contribution in [0.5, 0.6) is 0 Å². The molecule has 2 saturated heterocycles. The number of piperidine rings is 1. The number of nitrogens with zero attached hydrogens (tertiary/aromatic N) is 1. The van der Waals surface area contributed by atoms with Gasteiger partial charge in [-0.2, -0.15) is 0 Å². The topological polar surface area (TPSA) is 53.9 Å². The van der Waals surface area contributed by atoms with Crippen LogP contribution in [0.3, 0.4) is 0 Å². The lowest BCUT2D eigenvalue weighted by molar-refractivity contribution is -0.226. The lowest BCUT2D eigenvalue weighted by Crippen LogP contribution is -2.64. The van der Waals surface area contributed by atoms with E-state index in [-0.39, 0.29) is 11.5 Å². The van der Waals surface area contributed by atoms with Crippen LogP contribution in [0.1, 0.15) is 38.2 Å². The van der Waals surface area contributed by atoms with Gasteiger partial charge in [0.25, 0.3) is 0 Å². The smallest absolute Gasteiger partial charge is 0.0829 e. The SMILES string of the molecule is CCCCC1(C2CNCCC2=NO)OCC1Cc1ccccc1. The van der Waals surface area contributed by atoms with Crippen molar-refractivity contribution in [1.29, 1.82) is 0 Å². The molecule has 0 spiro atoms. The van der Waals surface area contributed by atoms with Crippen LogP contribution >= 0.6 is 0 Å². The zero-order valence-corrected chi connectivity index (χ0v) is 14.0. The fraction of sp³-hybridized carbons (Fsp3) is 0.632. The molecular weight excluding hydrogens is 288 g/mol. The van der Waals surface area contributed by atoms with Crippen LogP contribution in [0.25, 0.3) is 0 Å². The number of ether oxygens (including phenoxy) is 1. The average molecular weight is 316 g/mol. The van der Waals surface area contributed by atoms with E-state index in [0.717, 1.165) is 57.5 Å². The molecule has 0 amide bonds. The molecule has 2 aliphatic heterocycles. The zero-order valence-electron chi connectivity index (χ0n) is 14.0. The molecule has 0 aliphatic carbocycles. The van der Waals surface area contributed by atoms with Gasteiger partial charge in [0.2, 0.25) is 0 Å². The molecule has 4 nitrogen and oxygen atoms in total. The lowest BCUT2D eigenvalue weighted by Gasteiger charge is -2.55. The molecule has 1 aromatic rings. The van der Waals surface area contributed by atoms with Gasteiger partial charge in [-0.05, 0) is 18.4 Å². The summed E-state index contributed by atoms with van der Waals surface area (Å²) in [4.78, 5) is 0. The summed E-state index contributed by atoms with van der Waals surface area (Å²) in [5.74, 6) is 0.688. The normalized spacial score (nSPS) is 32.7. The van der Waals surface area contributed by atoms with Gasteiger partial charge in [0.05, 0.1) is 17.9 Å². The van der Waals surface area contributed by atoms with Gasteiger partial charge >= 0.3 is 0 Å². The monoisotopic (exact) mass is 316 g/mol. The second-order valence-electron chi connectivity index (χ2n) is 6.85. The van der Waals surface area contributed by atoms with Crippen molar-refractivity contribution in [3.05, 3.63) is 35.9 Å². The molecule has 2 heterocycles. The maximum atomic E-state index is 9.45. The number of unbranched alkanes of at least 4 members (excludes halogenated alkanes) is 1. The maximum absolute atomic E-state index is 9.45. The fourth-order valence-corrected chi connectivity index (χ4v) is 4.16. The summed E-state index contributed by atoms with van der Waals surface area (Å²) < 4.78 is 6.24. The van der Waals surface area contributed by atoms with Gasteiger partial charge in [0.15, 0.2) is 0 Å². The molecule has 3 atom stereocenters. The van der Waals surface area contributed by atoms with Crippen LogP contribution in [0.15, 0.2) is 35.5 Å². The minimum Gasteiger partial charge on any atom is -0.411 e. The van der Waals surface area contributed by atoms with Gasteiger partial charge < -0.3 is 15.3 Å². The highest BCUT2D eigenvalue weighted by molar-refractivity contribution is 5.88. The molecule has 126 valence electrons. The third-order valence-corrected chi connectivity index (χ3v) is 5.52. The summed E-state index contributed by atoms with van der Waals surface area (Å²) in [7, 11) is 0. The van der Waals surface area contributed by atoms with Crippen molar-refractivity contribution in [1.82, 2.24) is 5.32 Å². The molecule has 1 aromatic carbocycles. The summed E-state index contributed by atoms with van der Waals surface area (Å²) in [6.45, 7) is 4.78. The predicted molar refractivity (Wildman–Crippen MR) is 92.0 cm³/mol. The Morgan fingerprint density at radius 1 is 1.35 bits per heavy atom. The number of oxime groups is 1. The first-order valence-corrected chi connectivity index (χ1v) is 8.89. The summed E-state index contributed by atoms with van der Waals surface area (Å²) in [5.41, 5.74) is 2.12. The summed E-state index contributed by atoms with van der Waals surface area (Å²) in [6.07, 6.45) is 5.22. The molecular formula is C19H28N2O2. The average Bonchev–Trinajstić information content (AvgIpc) is 2.60. The van der Waals surface area contributed by atoms with E-state index in [4.69, 9.17) is 4.74 Å². The third kappa shape index (κ3) is 3.29. The first-order chi connectivity index (χ1) is 11.3. The largest absolute Gasteiger partial charge is 0.411 e. The van der Waals surface area contributed by atoms with Crippen LogP contribution in [0.4, 0.5) is 0 Å². The zero-order chi connectivity index (χ0) is 16.1. The van der Waals surface area contributed by atoms with Crippen molar-refractivity contribution < 1.29 is 9.94 Å². The summed E-state index contributed by atoms with van der Waals surface area (Å²) in [5, 5.41) is 16.5. The molecule has 3 unspecified atom stereocenters. The Balaban J connectivity index is 1.81. The van der Waals surface area contributed by atoms with E-state index in [9.17, 15) is 5.21 Å². The number of rotatable bonds is 6. The highest BCUT2D eigenvalue weighted by atomic mass is 16.5. The summed E-state index contributed by atoms with van der Waals surface area (Å²) >= 11 is 0. The van der Waals surface area contributed by atoms with Gasteiger partial charge in [-0.15, -0.1) is 0 Å². The van der Waals surface area contributed by atoms with Crippen molar-refractivity contribution in [2.45, 2.75) is 44.6 Å². The predicted octanol–water partition coefficient (Wildman–Crippen LogP) is 3.24. The van der Waals surface area contributed by atoms with Crippen LogP contribution in [0, 0.1) is 11.8 Å². The van der Waals surface area contributed by atoms with Crippen LogP contribution in [-0.4, -0.2) is 36.2 Å². The Morgan fingerprint density at radius 2 is 2.17 bits per heavy atom. The van der Waals surface area contributed by atoms with Gasteiger partial charge in [-0.25, -0.2) is 0 Å². The second kappa shape index (κ2) is 7.45. The van der Waals surface area contributed by atoms with Crippen LogP contribution < -0.4 is 5.32 Å². The molecule has 2 aliphatic rings. The highest BCUT2D eigenvalue weighted by Gasteiger charge is 2.54. The molecule has 2 N–H and O–H groups in total. The molecule has 0 bridgehead atoms. The first kappa shape index (κ1) is 16.5. The molecule has 3 rings (SSSR count). The van der Waals surface area contributed by atoms with Crippen LogP contribution in [-0.2, 0) is 11.2 Å². The Bertz CT molecular complexity index is 531. The van der Waals surface area contributed by atoms with Crippen molar-refractivity contribution >= 4 is 5.71 Å². The third-order valence-electron chi connectivity index (χ3n) is 5.52. The number of nitrogens with one attached hydrogen (secondary N) is 1. The highest BCUT2D eigenvalue weighted by Crippen LogP contribution is 2.46. The summed E-state index contributed by atoms with van der Waals surface area (Å²) in [6, 6.07) is 10.7. The van der Waals surface area contributed by atoms with E-state index >= 15 is 0 Å². The van der Waals surface area contributed by atoms with Crippen molar-refractivity contribution in [2.24, 2.45) is 17.0 Å². The van der Waals surface area contributed by atoms with E-state index < -0.39 is 0 Å². The van der Waals surface area contributed by atoms with Gasteiger partial charge in [0, 0.05) is 31.3 Å². The van der Waals surface area contributed by atoms with Crippen molar-refractivity contribution in [2.75, 3.05) is 19.7 Å². The van der Waals surface area contributed by atoms with Gasteiger partial charge in [-0.1, -0.05) is 55.3 Å². The minimum atomic E-state index is -0.166. The number of hydrogen-bond acceptors (Lipinski definition) is 4. The van der Waals surface area contributed by atoms with Crippen molar-refractivity contribution in [3.63, 3.8) is 0 Å². The Labute approximate surface area is 138 Å². The quantitative estimate of drug-likeness (QED) is 0.626. The van der Waals surface area contributed by atoms with E-state index in [0.29, 0.717) is 5.92 Å². The maximum Gasteiger partial charge on any atom is 0.0829 e. The Kier molecular flexibility index (Phi) is 5.34. The Hall–Kier alpha value is -1.39. The molecule has 0 radical (unpaired) electrons. The van der Waals surface area contributed by atoms with E-state index in [1.165, 1.54) is 5.56 Å². The number of hydrogen-bond donors (Lipinski definition) is 2. The second-order valence-corrected chi connectivity index (χ2v) is 6.85. The van der Waals surface area contributed by atoms with E-state index in [1.807, 2.05) is 0 Å². The number of benzene rings is 1. The molecule has 23 heavy (non-hydrogen) atoms. The van der Waals surface area contributed by atoms with Gasteiger partial charge in [0.1, 0.15) is 0 Å². The van der Waals surface area contributed by atoms with Crippen molar-refractivity contribution in [3.8, 4) is 0 Å². The fourth-order valence-electron chi connectivity index (χ4n) is 4.16. The lowest BCUT2D eigenvalue weighted by atomic mass is 9.65. The Morgan fingerprint density at radius 3 is 2.83 bits per heavy atom. The molecule has 0 aromatic heterocycles. The minimum absolute atomic E-state index is 0.166. The molecule has 0 saturated carbocycles. The standard InChI is InChI=1S/C19H28N2O2/c1-2-3-10-19(17-13-20-11-9-18(17)21-22)16(14-23-19)12-15-7-5-4-6-8-15/h4-8,16-17,20,22H,2-3,9-14H2,1H3. The van der Waals surface area contributed by atoms with E-state index in [2.05, 4.69) is 47.7 Å². The van der Waals surface area contributed by atoms with Crippen LogP contribution in [0.2, 0.25) is 0 Å².